The zero-order valence-electron chi connectivity index (χ0n) is 14.0. The maximum Gasteiger partial charge on any atom is 0.421 e. The topological polar surface area (TPSA) is 66.8 Å². The molecule has 1 N–H and O–H groups in total. The highest BCUT2D eigenvalue weighted by Crippen LogP contribution is 2.44. The fourth-order valence-corrected chi connectivity index (χ4v) is 4.02. The van der Waals surface area contributed by atoms with E-state index >= 15 is 0 Å². The summed E-state index contributed by atoms with van der Waals surface area (Å²) in [4.78, 5) is 11.6. The molecule has 8 heteroatoms. The quantitative estimate of drug-likeness (QED) is 0.891. The van der Waals surface area contributed by atoms with Gasteiger partial charge in [0, 0.05) is 12.5 Å². The smallest absolute Gasteiger partial charge is 0.421 e. The van der Waals surface area contributed by atoms with E-state index in [-0.39, 0.29) is 18.6 Å². The lowest BCUT2D eigenvalue weighted by Gasteiger charge is -2.44. The van der Waals surface area contributed by atoms with Gasteiger partial charge in [-0.25, -0.2) is 17.8 Å². The fraction of sp³-hybridized carbons (Fsp3) is 0.562. The lowest BCUT2D eigenvalue weighted by atomic mass is 9.70. The van der Waals surface area contributed by atoms with Crippen LogP contribution in [0.1, 0.15) is 38.8 Å². The molecule has 1 fully saturated rings. The van der Waals surface area contributed by atoms with Crippen molar-refractivity contribution in [3.63, 3.8) is 0 Å². The number of hydrogen-bond donors (Lipinski definition) is 1. The predicted molar refractivity (Wildman–Crippen MR) is 85.9 cm³/mol. The van der Waals surface area contributed by atoms with Crippen LogP contribution in [0.2, 0.25) is 0 Å². The first-order chi connectivity index (χ1) is 10.9. The fourth-order valence-electron chi connectivity index (χ4n) is 2.81. The summed E-state index contributed by atoms with van der Waals surface area (Å²) in [5.74, 6) is -2.94. The number of hydrogen-bond acceptors (Lipinski definition) is 3. The first kappa shape index (κ1) is 18.8. The van der Waals surface area contributed by atoms with Crippen molar-refractivity contribution >= 4 is 17.4 Å². The second-order valence-electron chi connectivity index (χ2n) is 7.10. The molecule has 0 bridgehead atoms. The molecular weight excluding hydrogens is 340 g/mol. The minimum Gasteiger partial charge on any atom is -0.464 e. The first-order valence-corrected chi connectivity index (χ1v) is 8.47. The molecule has 1 aliphatic heterocycles. The van der Waals surface area contributed by atoms with Gasteiger partial charge in [-0.05, 0) is 17.4 Å². The molecule has 1 aromatic carbocycles. The Morgan fingerprint density at radius 2 is 1.83 bits per heavy atom. The second-order valence-corrected chi connectivity index (χ2v) is 8.13. The molecule has 1 amide bonds. The molecule has 0 spiro atoms. The largest absolute Gasteiger partial charge is 0.464 e. The van der Waals surface area contributed by atoms with E-state index < -0.39 is 34.2 Å². The number of halogens is 2. The van der Waals surface area contributed by atoms with E-state index in [1.165, 1.54) is 12.1 Å². The Morgan fingerprint density at radius 1 is 1.29 bits per heavy atom. The standard InChI is InChI=1S/C16H21F2NO4S/c1-14(2,3)16(10-23-24(22)19(16)13(20)21)9-11-5-7-12(8-6-11)15(4,17)18/h5-8H,9-10H2,1-4H3,(H,20,21)/t16-,24+/m1/s1. The molecule has 0 aromatic heterocycles. The minimum atomic E-state index is -2.94. The van der Waals surface area contributed by atoms with Crippen molar-refractivity contribution in [3.8, 4) is 0 Å². The maximum absolute atomic E-state index is 13.3. The van der Waals surface area contributed by atoms with E-state index in [1.807, 2.05) is 20.8 Å². The molecular formula is C16H21F2NO4S. The number of benzene rings is 1. The van der Waals surface area contributed by atoms with Gasteiger partial charge in [0.25, 0.3) is 17.2 Å². The highest BCUT2D eigenvalue weighted by molar-refractivity contribution is 7.78. The van der Waals surface area contributed by atoms with Crippen LogP contribution >= 0.6 is 0 Å². The third-order valence-electron chi connectivity index (χ3n) is 4.46. The van der Waals surface area contributed by atoms with Gasteiger partial charge in [-0.3, -0.25) is 4.18 Å². The van der Waals surface area contributed by atoms with Crippen molar-refractivity contribution in [2.24, 2.45) is 5.41 Å². The SMILES string of the molecule is CC(F)(F)c1ccc(C[C@]2(C(C)(C)C)CO[S@](=O)N2C(=O)O)cc1. The Labute approximate surface area is 142 Å². The van der Waals surface area contributed by atoms with Crippen LogP contribution in [0.3, 0.4) is 0 Å². The number of amides is 1. The van der Waals surface area contributed by atoms with Crippen LogP contribution in [0, 0.1) is 5.41 Å². The Hall–Kier alpha value is -1.54. The summed E-state index contributed by atoms with van der Waals surface area (Å²) in [6, 6.07) is 5.73. The third kappa shape index (κ3) is 3.30. The third-order valence-corrected chi connectivity index (χ3v) is 5.59. The molecule has 2 rings (SSSR count). The van der Waals surface area contributed by atoms with Gasteiger partial charge < -0.3 is 5.11 Å². The minimum absolute atomic E-state index is 0.0267. The summed E-state index contributed by atoms with van der Waals surface area (Å²) in [6.45, 7) is 6.30. The molecule has 0 saturated carbocycles. The van der Waals surface area contributed by atoms with E-state index in [0.29, 0.717) is 5.56 Å². The highest BCUT2D eigenvalue weighted by atomic mass is 32.2. The normalized spacial score (nSPS) is 25.1. The molecule has 134 valence electrons. The van der Waals surface area contributed by atoms with Crippen molar-refractivity contribution in [1.82, 2.24) is 4.31 Å². The lowest BCUT2D eigenvalue weighted by molar-refractivity contribution is 0.0174. The Bertz CT molecular complexity index is 652. The van der Waals surface area contributed by atoms with E-state index in [2.05, 4.69) is 0 Å². The maximum atomic E-state index is 13.3. The first-order valence-electron chi connectivity index (χ1n) is 7.44. The average Bonchev–Trinajstić information content (AvgIpc) is 2.76. The molecule has 1 aliphatic rings. The van der Waals surface area contributed by atoms with Crippen LogP contribution in [0.25, 0.3) is 0 Å². The average molecular weight is 361 g/mol. The van der Waals surface area contributed by atoms with Gasteiger partial charge in [-0.2, -0.15) is 4.31 Å². The zero-order valence-corrected chi connectivity index (χ0v) is 14.8. The van der Waals surface area contributed by atoms with Crippen LogP contribution in [-0.4, -0.2) is 31.9 Å². The molecule has 1 saturated heterocycles. The number of rotatable bonds is 3. The van der Waals surface area contributed by atoms with E-state index in [4.69, 9.17) is 4.18 Å². The summed E-state index contributed by atoms with van der Waals surface area (Å²) in [5, 5.41) is 9.47. The molecule has 0 radical (unpaired) electrons. The zero-order chi connectivity index (χ0) is 18.3. The number of alkyl halides is 2. The lowest BCUT2D eigenvalue weighted by Crippen LogP contribution is -2.58. The van der Waals surface area contributed by atoms with Crippen LogP contribution in [0.4, 0.5) is 13.6 Å². The van der Waals surface area contributed by atoms with Crippen LogP contribution < -0.4 is 0 Å². The van der Waals surface area contributed by atoms with Gasteiger partial charge in [-0.1, -0.05) is 45.0 Å². The van der Waals surface area contributed by atoms with Crippen molar-refractivity contribution in [2.45, 2.75) is 45.6 Å². The van der Waals surface area contributed by atoms with Crippen LogP contribution in [-0.2, 0) is 27.8 Å². The molecule has 2 atom stereocenters. The summed E-state index contributed by atoms with van der Waals surface area (Å²) in [5.41, 5.74) is -1.07. The van der Waals surface area contributed by atoms with Gasteiger partial charge in [0.15, 0.2) is 0 Å². The Kier molecular flexibility index (Phi) is 4.76. The number of carboxylic acid groups (broad SMARTS) is 1. The molecule has 0 aliphatic carbocycles. The molecule has 24 heavy (non-hydrogen) atoms. The van der Waals surface area contributed by atoms with Crippen LogP contribution in [0.5, 0.6) is 0 Å². The van der Waals surface area contributed by atoms with E-state index in [1.54, 1.807) is 12.1 Å². The summed E-state index contributed by atoms with van der Waals surface area (Å²) < 4.78 is 44.6. The van der Waals surface area contributed by atoms with E-state index in [9.17, 15) is 22.9 Å². The number of carbonyl (C=O) groups is 1. The van der Waals surface area contributed by atoms with Crippen molar-refractivity contribution < 1.29 is 27.1 Å². The summed E-state index contributed by atoms with van der Waals surface area (Å²) in [7, 11) is 0. The van der Waals surface area contributed by atoms with E-state index in [0.717, 1.165) is 11.2 Å². The van der Waals surface area contributed by atoms with Gasteiger partial charge in [0.2, 0.25) is 0 Å². The summed E-state index contributed by atoms with van der Waals surface area (Å²) >= 11 is -2.08. The molecule has 1 heterocycles. The van der Waals surface area contributed by atoms with Gasteiger partial charge in [0.05, 0.1) is 12.1 Å². The van der Waals surface area contributed by atoms with Gasteiger partial charge in [-0.15, -0.1) is 0 Å². The predicted octanol–water partition coefficient (Wildman–Crippen LogP) is 3.71. The summed E-state index contributed by atoms with van der Waals surface area (Å²) in [6.07, 6.45) is -1.12. The molecule has 5 nitrogen and oxygen atoms in total. The van der Waals surface area contributed by atoms with Gasteiger partial charge in [0.1, 0.15) is 0 Å². The number of nitrogens with zero attached hydrogens (tertiary/aromatic N) is 1. The van der Waals surface area contributed by atoms with Crippen molar-refractivity contribution in [1.29, 1.82) is 0 Å². The molecule has 1 aromatic rings. The monoisotopic (exact) mass is 361 g/mol. The second kappa shape index (κ2) is 6.07. The molecule has 0 unspecified atom stereocenters. The van der Waals surface area contributed by atoms with Crippen LogP contribution in [0.15, 0.2) is 24.3 Å². The van der Waals surface area contributed by atoms with Crippen molar-refractivity contribution in [2.75, 3.05) is 6.61 Å². The Morgan fingerprint density at radius 3 is 2.25 bits per heavy atom. The van der Waals surface area contributed by atoms with Crippen molar-refractivity contribution in [3.05, 3.63) is 35.4 Å². The van der Waals surface area contributed by atoms with Gasteiger partial charge >= 0.3 is 6.09 Å². The Balaban J connectivity index is 2.41. The highest BCUT2D eigenvalue weighted by Gasteiger charge is 2.57.